The van der Waals surface area contributed by atoms with Gasteiger partial charge in [-0.25, -0.2) is 4.39 Å². The van der Waals surface area contributed by atoms with Gasteiger partial charge in [0.05, 0.1) is 6.26 Å². The Morgan fingerprint density at radius 2 is 1.58 bits per heavy atom. The highest BCUT2D eigenvalue weighted by Gasteiger charge is 1.81. The predicted octanol–water partition coefficient (Wildman–Crippen LogP) is 1.33. The van der Waals surface area contributed by atoms with Gasteiger partial charge in [-0.2, -0.15) is 8.42 Å². The molecule has 1 aromatic rings. The third-order valence-corrected chi connectivity index (χ3v) is 0.733. The van der Waals surface area contributed by atoms with Gasteiger partial charge in [0.25, 0.3) is 10.1 Å². The Labute approximate surface area is 70.6 Å². The molecule has 0 aliphatic carbocycles. The van der Waals surface area contributed by atoms with Crippen molar-refractivity contribution >= 4 is 10.1 Å². The molecule has 0 fully saturated rings. The smallest absolute Gasteiger partial charge is 0.261 e. The Morgan fingerprint density at radius 1 is 1.25 bits per heavy atom. The van der Waals surface area contributed by atoms with Crippen LogP contribution in [0.3, 0.4) is 0 Å². The van der Waals surface area contributed by atoms with E-state index in [4.69, 9.17) is 4.55 Å². The third-order valence-electron chi connectivity index (χ3n) is 0.733. The highest BCUT2D eigenvalue weighted by molar-refractivity contribution is 7.85. The Balaban J connectivity index is 0.000000217. The van der Waals surface area contributed by atoms with Gasteiger partial charge >= 0.3 is 0 Å². The van der Waals surface area contributed by atoms with Crippen LogP contribution in [0.2, 0.25) is 0 Å². The summed E-state index contributed by atoms with van der Waals surface area (Å²) < 4.78 is 37.8. The predicted molar refractivity (Wildman–Crippen MR) is 43.9 cm³/mol. The maximum absolute atomic E-state index is 11.9. The molecule has 0 aromatic heterocycles. The van der Waals surface area contributed by atoms with Gasteiger partial charge in [-0.15, -0.1) is 0 Å². The van der Waals surface area contributed by atoms with Crippen LogP contribution in [0.4, 0.5) is 4.39 Å². The molecule has 0 radical (unpaired) electrons. The Hall–Kier alpha value is -0.940. The van der Waals surface area contributed by atoms with Gasteiger partial charge in [-0.05, 0) is 12.1 Å². The molecule has 0 amide bonds. The zero-order valence-electron chi connectivity index (χ0n) is 6.44. The fraction of sp³-hybridized carbons (Fsp3) is 0.143. The van der Waals surface area contributed by atoms with E-state index in [0.717, 1.165) is 0 Å². The molecular formula is C7H9FO3S. The monoisotopic (exact) mass is 192 g/mol. The van der Waals surface area contributed by atoms with Crippen LogP contribution in [-0.4, -0.2) is 19.2 Å². The lowest BCUT2D eigenvalue weighted by Crippen LogP contribution is -1.88. The second-order valence-electron chi connectivity index (χ2n) is 2.03. The molecule has 0 bridgehead atoms. The minimum atomic E-state index is -3.67. The first-order chi connectivity index (χ1) is 5.39. The van der Waals surface area contributed by atoms with Gasteiger partial charge < -0.3 is 0 Å². The average Bonchev–Trinajstić information content (AvgIpc) is 1.85. The lowest BCUT2D eigenvalue weighted by Gasteiger charge is -1.78. The fourth-order valence-corrected chi connectivity index (χ4v) is 0.415. The van der Waals surface area contributed by atoms with Crippen molar-refractivity contribution in [1.29, 1.82) is 0 Å². The molecular weight excluding hydrogens is 183 g/mol. The van der Waals surface area contributed by atoms with Crippen molar-refractivity contribution in [2.75, 3.05) is 6.26 Å². The summed E-state index contributed by atoms with van der Waals surface area (Å²) in [6, 6.07) is 7.94. The molecule has 0 aliphatic heterocycles. The zero-order valence-corrected chi connectivity index (χ0v) is 7.25. The Kier molecular flexibility index (Phi) is 4.46. The van der Waals surface area contributed by atoms with Crippen molar-refractivity contribution in [3.8, 4) is 0 Å². The van der Waals surface area contributed by atoms with Crippen LogP contribution in [0.5, 0.6) is 0 Å². The molecule has 0 saturated carbocycles. The van der Waals surface area contributed by atoms with E-state index in [1.165, 1.54) is 12.1 Å². The Bertz CT molecular complexity index is 299. The minimum absolute atomic E-state index is 0.178. The van der Waals surface area contributed by atoms with E-state index in [9.17, 15) is 12.8 Å². The quantitative estimate of drug-likeness (QED) is 0.631. The molecule has 3 nitrogen and oxygen atoms in total. The van der Waals surface area contributed by atoms with Crippen molar-refractivity contribution in [2.45, 2.75) is 0 Å². The van der Waals surface area contributed by atoms with E-state index in [1.54, 1.807) is 18.2 Å². The number of hydrogen-bond donors (Lipinski definition) is 1. The second-order valence-corrected chi connectivity index (χ2v) is 3.49. The topological polar surface area (TPSA) is 54.4 Å². The number of rotatable bonds is 0. The second kappa shape index (κ2) is 4.84. The van der Waals surface area contributed by atoms with E-state index in [-0.39, 0.29) is 5.82 Å². The van der Waals surface area contributed by atoms with Gasteiger partial charge in [0.1, 0.15) is 5.82 Å². The molecule has 68 valence electrons. The van der Waals surface area contributed by atoms with Crippen LogP contribution in [0.15, 0.2) is 30.3 Å². The largest absolute Gasteiger partial charge is 0.286 e. The lowest BCUT2D eigenvalue weighted by atomic mass is 10.4. The summed E-state index contributed by atoms with van der Waals surface area (Å²) >= 11 is 0. The summed E-state index contributed by atoms with van der Waals surface area (Å²) in [5.41, 5.74) is 0. The van der Waals surface area contributed by atoms with Crippen LogP contribution >= 0.6 is 0 Å². The van der Waals surface area contributed by atoms with Crippen LogP contribution in [0.25, 0.3) is 0 Å². The first-order valence-electron chi connectivity index (χ1n) is 3.02. The van der Waals surface area contributed by atoms with Gasteiger partial charge in [-0.3, -0.25) is 4.55 Å². The van der Waals surface area contributed by atoms with Gasteiger partial charge in [0, 0.05) is 0 Å². The van der Waals surface area contributed by atoms with Crippen molar-refractivity contribution in [1.82, 2.24) is 0 Å². The van der Waals surface area contributed by atoms with Crippen molar-refractivity contribution in [3.05, 3.63) is 36.1 Å². The number of hydrogen-bond acceptors (Lipinski definition) is 2. The van der Waals surface area contributed by atoms with Gasteiger partial charge in [-0.1, -0.05) is 18.2 Å². The summed E-state index contributed by atoms with van der Waals surface area (Å²) in [5, 5.41) is 0. The summed E-state index contributed by atoms with van der Waals surface area (Å²) in [4.78, 5) is 0. The van der Waals surface area contributed by atoms with Crippen LogP contribution in [0, 0.1) is 5.82 Å². The first-order valence-corrected chi connectivity index (χ1v) is 4.87. The highest BCUT2D eigenvalue weighted by Crippen LogP contribution is 1.91. The molecule has 1 N–H and O–H groups in total. The molecule has 12 heavy (non-hydrogen) atoms. The minimum Gasteiger partial charge on any atom is -0.286 e. The van der Waals surface area contributed by atoms with E-state index in [1.807, 2.05) is 0 Å². The fourth-order valence-electron chi connectivity index (χ4n) is 0.415. The van der Waals surface area contributed by atoms with Crippen LogP contribution in [0.1, 0.15) is 0 Å². The first kappa shape index (κ1) is 11.1. The Morgan fingerprint density at radius 3 is 1.75 bits per heavy atom. The summed E-state index contributed by atoms with van der Waals surface area (Å²) in [7, 11) is -3.67. The van der Waals surface area contributed by atoms with Crippen molar-refractivity contribution in [2.24, 2.45) is 0 Å². The number of halogens is 1. The highest BCUT2D eigenvalue weighted by atomic mass is 32.2. The third kappa shape index (κ3) is 11.8. The molecule has 0 heterocycles. The summed E-state index contributed by atoms with van der Waals surface area (Å²) in [6.07, 6.45) is 0.715. The van der Waals surface area contributed by atoms with E-state index < -0.39 is 10.1 Å². The summed E-state index contributed by atoms with van der Waals surface area (Å²) in [6.45, 7) is 0. The molecule has 0 unspecified atom stereocenters. The van der Waals surface area contributed by atoms with E-state index in [0.29, 0.717) is 6.26 Å². The van der Waals surface area contributed by atoms with E-state index >= 15 is 0 Å². The lowest BCUT2D eigenvalue weighted by molar-refractivity contribution is 0.490. The van der Waals surface area contributed by atoms with Crippen molar-refractivity contribution in [3.63, 3.8) is 0 Å². The average molecular weight is 192 g/mol. The maximum Gasteiger partial charge on any atom is 0.261 e. The molecule has 1 rings (SSSR count). The standard InChI is InChI=1S/C6H5F.CH4O3S/c7-6-4-2-1-3-5-6;1-5(2,3)4/h1-5H;1H3,(H,2,3,4). The molecule has 0 aliphatic rings. The zero-order chi connectivity index (χ0) is 9.61. The molecule has 1 aromatic carbocycles. The van der Waals surface area contributed by atoms with Crippen LogP contribution in [-0.2, 0) is 10.1 Å². The van der Waals surface area contributed by atoms with Crippen LogP contribution < -0.4 is 0 Å². The maximum atomic E-state index is 11.9. The van der Waals surface area contributed by atoms with Gasteiger partial charge in [0.15, 0.2) is 0 Å². The normalized spacial score (nSPS) is 9.92. The summed E-state index contributed by atoms with van der Waals surface area (Å²) in [5.74, 6) is -0.178. The molecule has 0 atom stereocenters. The van der Waals surface area contributed by atoms with Crippen molar-refractivity contribution < 1.29 is 17.4 Å². The molecule has 0 saturated heterocycles. The SMILES string of the molecule is CS(=O)(=O)O.Fc1ccccc1. The molecule has 5 heteroatoms. The molecule has 0 spiro atoms. The van der Waals surface area contributed by atoms with E-state index in [2.05, 4.69) is 0 Å². The van der Waals surface area contributed by atoms with Gasteiger partial charge in [0.2, 0.25) is 0 Å². The number of benzene rings is 1.